The van der Waals surface area contributed by atoms with Crippen molar-refractivity contribution in [3.05, 3.63) is 24.3 Å². The van der Waals surface area contributed by atoms with E-state index in [-0.39, 0.29) is 17.3 Å². The second-order valence-corrected chi connectivity index (χ2v) is 7.73. The fourth-order valence-electron chi connectivity index (χ4n) is 3.22. The first-order valence-electron chi connectivity index (χ1n) is 8.04. The zero-order valence-corrected chi connectivity index (χ0v) is 14.4. The number of anilines is 1. The molecule has 25 heavy (non-hydrogen) atoms. The van der Waals surface area contributed by atoms with E-state index in [1.54, 1.807) is 17.0 Å². The van der Waals surface area contributed by atoms with Gasteiger partial charge in [-0.05, 0) is 45.0 Å². The minimum Gasteiger partial charge on any atom is -0.444 e. The third-order valence-corrected chi connectivity index (χ3v) is 4.19. The summed E-state index contributed by atoms with van der Waals surface area (Å²) in [6.07, 6.45) is -4.98. The molecule has 0 aliphatic carbocycles. The van der Waals surface area contributed by atoms with Crippen molar-refractivity contribution in [2.75, 3.05) is 31.1 Å². The molecule has 2 aliphatic rings. The first-order valence-corrected chi connectivity index (χ1v) is 8.04. The molecule has 2 heterocycles. The Labute approximate surface area is 144 Å². The van der Waals surface area contributed by atoms with E-state index >= 15 is 0 Å². The Morgan fingerprint density at radius 2 is 1.60 bits per heavy atom. The Morgan fingerprint density at radius 1 is 1.04 bits per heavy atom. The van der Waals surface area contributed by atoms with Gasteiger partial charge in [0.2, 0.25) is 0 Å². The summed E-state index contributed by atoms with van der Waals surface area (Å²) >= 11 is 0. The van der Waals surface area contributed by atoms with Gasteiger partial charge in [0.05, 0.1) is 0 Å². The van der Waals surface area contributed by atoms with Crippen LogP contribution in [-0.2, 0) is 4.74 Å². The van der Waals surface area contributed by atoms with Crippen molar-refractivity contribution in [1.29, 1.82) is 0 Å². The molecule has 2 aliphatic heterocycles. The fraction of sp³-hybridized carbons (Fsp3) is 0.588. The van der Waals surface area contributed by atoms with Crippen LogP contribution in [0.4, 0.5) is 23.7 Å². The van der Waals surface area contributed by atoms with Gasteiger partial charge in [0.1, 0.15) is 11.4 Å². The summed E-state index contributed by atoms with van der Waals surface area (Å²) in [5, 5.41) is 0. The molecule has 1 amide bonds. The molecule has 0 radical (unpaired) electrons. The highest BCUT2D eigenvalue weighted by Crippen LogP contribution is 2.42. The molecule has 1 spiro atoms. The SMILES string of the molecule is CC(C)(C)OC(=O)N1CC2(C1)CN(c1ccc(OC(F)(F)F)cc1)C2. The number of alkyl halides is 3. The van der Waals surface area contributed by atoms with Crippen LogP contribution in [0.2, 0.25) is 0 Å². The zero-order valence-electron chi connectivity index (χ0n) is 14.4. The van der Waals surface area contributed by atoms with Gasteiger partial charge in [-0.15, -0.1) is 13.2 Å². The lowest BCUT2D eigenvalue weighted by molar-refractivity contribution is -0.274. The Kier molecular flexibility index (Phi) is 4.04. The van der Waals surface area contributed by atoms with Crippen LogP contribution in [-0.4, -0.2) is 49.1 Å². The molecular weight excluding hydrogens is 337 g/mol. The third-order valence-electron chi connectivity index (χ3n) is 4.19. The molecule has 5 nitrogen and oxygen atoms in total. The predicted octanol–water partition coefficient (Wildman–Crippen LogP) is 3.64. The maximum absolute atomic E-state index is 12.2. The normalized spacial score (nSPS) is 19.3. The van der Waals surface area contributed by atoms with E-state index in [0.29, 0.717) is 13.1 Å². The van der Waals surface area contributed by atoms with Crippen molar-refractivity contribution < 1.29 is 27.4 Å². The largest absolute Gasteiger partial charge is 0.573 e. The van der Waals surface area contributed by atoms with Gasteiger partial charge in [-0.3, -0.25) is 0 Å². The maximum Gasteiger partial charge on any atom is 0.573 e. The van der Waals surface area contributed by atoms with E-state index in [9.17, 15) is 18.0 Å². The predicted molar refractivity (Wildman–Crippen MR) is 85.6 cm³/mol. The lowest BCUT2D eigenvalue weighted by Gasteiger charge is -2.60. The number of hydrogen-bond acceptors (Lipinski definition) is 4. The highest BCUT2D eigenvalue weighted by Gasteiger charge is 2.54. The number of ether oxygens (including phenoxy) is 2. The number of benzene rings is 1. The molecule has 1 aromatic carbocycles. The van der Waals surface area contributed by atoms with Crippen LogP contribution in [0.1, 0.15) is 20.8 Å². The number of nitrogens with zero attached hydrogens (tertiary/aromatic N) is 2. The summed E-state index contributed by atoms with van der Waals surface area (Å²) in [7, 11) is 0. The lowest BCUT2D eigenvalue weighted by Crippen LogP contribution is -2.73. The Bertz CT molecular complexity index is 639. The van der Waals surface area contributed by atoms with Crippen molar-refractivity contribution in [1.82, 2.24) is 4.90 Å². The van der Waals surface area contributed by atoms with Crippen LogP contribution in [0.25, 0.3) is 0 Å². The van der Waals surface area contributed by atoms with Crippen molar-refractivity contribution in [3.8, 4) is 5.75 Å². The molecule has 0 atom stereocenters. The second-order valence-electron chi connectivity index (χ2n) is 7.73. The summed E-state index contributed by atoms with van der Waals surface area (Å²) in [4.78, 5) is 15.7. The summed E-state index contributed by atoms with van der Waals surface area (Å²) in [6.45, 7) is 8.33. The van der Waals surface area contributed by atoms with E-state index in [2.05, 4.69) is 9.64 Å². The summed E-state index contributed by atoms with van der Waals surface area (Å²) in [5.74, 6) is -0.230. The minimum absolute atomic E-state index is 0.0675. The molecule has 0 aromatic heterocycles. The molecule has 0 bridgehead atoms. The van der Waals surface area contributed by atoms with Crippen LogP contribution < -0.4 is 9.64 Å². The van der Waals surface area contributed by atoms with Gasteiger partial charge in [-0.25, -0.2) is 4.79 Å². The molecule has 8 heteroatoms. The van der Waals surface area contributed by atoms with Crippen LogP contribution in [0.15, 0.2) is 24.3 Å². The smallest absolute Gasteiger partial charge is 0.444 e. The van der Waals surface area contributed by atoms with Crippen molar-refractivity contribution in [3.63, 3.8) is 0 Å². The fourth-order valence-corrected chi connectivity index (χ4v) is 3.22. The molecule has 2 saturated heterocycles. The van der Waals surface area contributed by atoms with Gasteiger partial charge in [0.25, 0.3) is 0 Å². The average Bonchev–Trinajstić information content (AvgIpc) is 2.33. The highest BCUT2D eigenvalue weighted by molar-refractivity contribution is 5.70. The van der Waals surface area contributed by atoms with Crippen molar-refractivity contribution in [2.45, 2.75) is 32.7 Å². The standard InChI is InChI=1S/C17H21F3N2O3/c1-15(2,3)25-14(23)22-10-16(11-22)8-21(9-16)12-4-6-13(7-5-12)24-17(18,19)20/h4-7H,8-11H2,1-3H3. The van der Waals surface area contributed by atoms with Gasteiger partial charge in [0.15, 0.2) is 0 Å². The highest BCUT2D eigenvalue weighted by atomic mass is 19.4. The Balaban J connectivity index is 1.48. The minimum atomic E-state index is -4.68. The van der Waals surface area contributed by atoms with E-state index < -0.39 is 12.0 Å². The maximum atomic E-state index is 12.2. The van der Waals surface area contributed by atoms with Gasteiger partial charge in [-0.1, -0.05) is 0 Å². The molecule has 0 N–H and O–H groups in total. The molecule has 2 fully saturated rings. The number of amides is 1. The number of rotatable bonds is 2. The molecule has 3 rings (SSSR count). The van der Waals surface area contributed by atoms with E-state index in [4.69, 9.17) is 4.74 Å². The number of carbonyl (C=O) groups excluding carboxylic acids is 1. The topological polar surface area (TPSA) is 42.0 Å². The second kappa shape index (κ2) is 5.71. The molecule has 0 unspecified atom stereocenters. The van der Waals surface area contributed by atoms with E-state index in [1.165, 1.54) is 12.1 Å². The van der Waals surface area contributed by atoms with Gasteiger partial charge >= 0.3 is 12.5 Å². The summed E-state index contributed by atoms with van der Waals surface area (Å²) < 4.78 is 45.7. The quantitative estimate of drug-likeness (QED) is 0.809. The van der Waals surface area contributed by atoms with Crippen LogP contribution in [0, 0.1) is 5.41 Å². The Hall–Kier alpha value is -2.12. The van der Waals surface area contributed by atoms with Gasteiger partial charge in [0, 0.05) is 37.3 Å². The van der Waals surface area contributed by atoms with Gasteiger partial charge in [-0.2, -0.15) is 0 Å². The molecule has 138 valence electrons. The van der Waals surface area contributed by atoms with Gasteiger partial charge < -0.3 is 19.3 Å². The zero-order chi connectivity index (χ0) is 18.5. The van der Waals surface area contributed by atoms with E-state index in [0.717, 1.165) is 18.8 Å². The molecule has 0 saturated carbocycles. The van der Waals surface area contributed by atoms with Crippen LogP contribution in [0.3, 0.4) is 0 Å². The number of carbonyl (C=O) groups is 1. The van der Waals surface area contributed by atoms with Crippen LogP contribution in [0.5, 0.6) is 5.75 Å². The summed E-state index contributed by atoms with van der Waals surface area (Å²) in [6, 6.07) is 5.83. The summed E-state index contributed by atoms with van der Waals surface area (Å²) in [5.41, 5.74) is 0.403. The Morgan fingerprint density at radius 3 is 2.08 bits per heavy atom. The van der Waals surface area contributed by atoms with Crippen molar-refractivity contribution in [2.24, 2.45) is 5.41 Å². The average molecular weight is 358 g/mol. The third kappa shape index (κ3) is 4.11. The molecular formula is C17H21F3N2O3. The van der Waals surface area contributed by atoms with Crippen molar-refractivity contribution >= 4 is 11.8 Å². The van der Waals surface area contributed by atoms with Crippen LogP contribution >= 0.6 is 0 Å². The number of halogens is 3. The van der Waals surface area contributed by atoms with E-state index in [1.807, 2.05) is 20.8 Å². The first kappa shape index (κ1) is 17.7. The molecule has 1 aromatic rings. The number of hydrogen-bond donors (Lipinski definition) is 0. The monoisotopic (exact) mass is 358 g/mol. The first-order chi connectivity index (χ1) is 11.4. The number of likely N-dealkylation sites (tertiary alicyclic amines) is 1. The lowest BCUT2D eigenvalue weighted by atomic mass is 9.73.